The summed E-state index contributed by atoms with van der Waals surface area (Å²) in [5, 5.41) is 10.7. The highest BCUT2D eigenvalue weighted by molar-refractivity contribution is 5.76. The molecule has 3 nitrogen and oxygen atoms in total. The van der Waals surface area contributed by atoms with E-state index in [0.29, 0.717) is 0 Å². The van der Waals surface area contributed by atoms with E-state index < -0.39 is 0 Å². The van der Waals surface area contributed by atoms with E-state index in [1.807, 2.05) is 23.1 Å². The van der Waals surface area contributed by atoms with Crippen molar-refractivity contribution in [2.75, 3.05) is 6.54 Å². The van der Waals surface area contributed by atoms with E-state index in [0.717, 1.165) is 44.3 Å². The van der Waals surface area contributed by atoms with Crippen LogP contribution in [0.25, 0.3) is 0 Å². The highest BCUT2D eigenvalue weighted by atomic mass is 16.3. The average Bonchev–Trinajstić information content (AvgIpc) is 2.48. The number of amides is 1. The number of aliphatic hydroxyl groups is 1. The van der Waals surface area contributed by atoms with Gasteiger partial charge in [0, 0.05) is 24.6 Å². The average molecular weight is 285 g/mol. The Labute approximate surface area is 126 Å². The molecular formula is C18H23NO2. The second kappa shape index (κ2) is 5.64. The van der Waals surface area contributed by atoms with Crippen molar-refractivity contribution in [3.8, 4) is 0 Å². The number of fused-ring (bicyclic) bond motifs is 1. The summed E-state index contributed by atoms with van der Waals surface area (Å²) in [6, 6.07) is 10.3. The first-order valence-corrected chi connectivity index (χ1v) is 7.84. The minimum absolute atomic E-state index is 0.0903. The standard InChI is InChI=1S/C18H23NO2/c1-14(20)19-12-6-11-18(13-15-7-3-2-4-8-15)16(19)9-5-10-17(18)21/h2-4,7-9,17,21H,5-6,10-13H2,1H3/t17-,18+/m0/s1. The van der Waals surface area contributed by atoms with Crippen LogP contribution in [0.15, 0.2) is 42.1 Å². The fourth-order valence-electron chi connectivity index (χ4n) is 3.96. The lowest BCUT2D eigenvalue weighted by molar-refractivity contribution is -0.130. The molecule has 0 radical (unpaired) electrons. The number of carbonyl (C=O) groups is 1. The maximum Gasteiger partial charge on any atom is 0.223 e. The number of hydrogen-bond donors (Lipinski definition) is 1. The molecule has 1 aliphatic carbocycles. The zero-order chi connectivity index (χ0) is 14.9. The Morgan fingerprint density at radius 1 is 1.38 bits per heavy atom. The topological polar surface area (TPSA) is 40.5 Å². The minimum atomic E-state index is -0.361. The summed E-state index contributed by atoms with van der Waals surface area (Å²) in [7, 11) is 0. The third-order valence-corrected chi connectivity index (χ3v) is 4.96. The molecule has 0 spiro atoms. The van der Waals surface area contributed by atoms with Crippen LogP contribution < -0.4 is 0 Å². The summed E-state index contributed by atoms with van der Waals surface area (Å²) in [6.45, 7) is 2.41. The molecule has 1 saturated heterocycles. The monoisotopic (exact) mass is 285 g/mol. The molecule has 2 aliphatic rings. The molecule has 1 fully saturated rings. The molecular weight excluding hydrogens is 262 g/mol. The van der Waals surface area contributed by atoms with Crippen LogP contribution in [0.5, 0.6) is 0 Å². The van der Waals surface area contributed by atoms with Crippen LogP contribution >= 0.6 is 0 Å². The summed E-state index contributed by atoms with van der Waals surface area (Å²) < 4.78 is 0. The number of allylic oxidation sites excluding steroid dienone is 1. The Bertz CT molecular complexity index is 552. The SMILES string of the molecule is CC(=O)N1CCC[C@@]2(Cc3ccccc3)C1=CCC[C@@H]2O. The van der Waals surface area contributed by atoms with Crippen molar-refractivity contribution in [3.05, 3.63) is 47.7 Å². The molecule has 1 heterocycles. The number of hydrogen-bond acceptors (Lipinski definition) is 2. The summed E-state index contributed by atoms with van der Waals surface area (Å²) >= 11 is 0. The van der Waals surface area contributed by atoms with Gasteiger partial charge in [-0.15, -0.1) is 0 Å². The lowest BCUT2D eigenvalue weighted by atomic mass is 9.65. The maximum absolute atomic E-state index is 12.0. The lowest BCUT2D eigenvalue weighted by Crippen LogP contribution is -2.51. The third-order valence-electron chi connectivity index (χ3n) is 4.96. The van der Waals surface area contributed by atoms with Gasteiger partial charge in [-0.05, 0) is 37.7 Å². The van der Waals surface area contributed by atoms with Crippen LogP contribution in [0, 0.1) is 5.41 Å². The summed E-state index contributed by atoms with van der Waals surface area (Å²) in [6.07, 6.45) is 6.19. The van der Waals surface area contributed by atoms with Crippen LogP contribution in [0.3, 0.4) is 0 Å². The zero-order valence-corrected chi connectivity index (χ0v) is 12.6. The van der Waals surface area contributed by atoms with Gasteiger partial charge in [-0.3, -0.25) is 4.79 Å². The first-order chi connectivity index (χ1) is 10.1. The molecule has 1 N–H and O–H groups in total. The van der Waals surface area contributed by atoms with E-state index in [-0.39, 0.29) is 17.4 Å². The Hall–Kier alpha value is -1.61. The van der Waals surface area contributed by atoms with Crippen molar-refractivity contribution in [3.63, 3.8) is 0 Å². The van der Waals surface area contributed by atoms with E-state index in [2.05, 4.69) is 18.2 Å². The molecule has 1 aromatic carbocycles. The van der Waals surface area contributed by atoms with Gasteiger partial charge in [0.25, 0.3) is 0 Å². The molecule has 1 aliphatic heterocycles. The van der Waals surface area contributed by atoms with E-state index in [1.165, 1.54) is 5.56 Å². The summed E-state index contributed by atoms with van der Waals surface area (Å²) in [5.74, 6) is 0.0903. The third kappa shape index (κ3) is 2.51. The molecule has 1 aromatic rings. The maximum atomic E-state index is 12.0. The Kier molecular flexibility index (Phi) is 3.85. The lowest BCUT2D eigenvalue weighted by Gasteiger charge is -2.50. The van der Waals surface area contributed by atoms with E-state index in [1.54, 1.807) is 6.92 Å². The Morgan fingerprint density at radius 3 is 2.86 bits per heavy atom. The van der Waals surface area contributed by atoms with Crippen molar-refractivity contribution in [1.82, 2.24) is 4.90 Å². The van der Waals surface area contributed by atoms with Crippen molar-refractivity contribution < 1.29 is 9.90 Å². The molecule has 21 heavy (non-hydrogen) atoms. The molecule has 0 saturated carbocycles. The number of nitrogens with zero attached hydrogens (tertiary/aromatic N) is 1. The van der Waals surface area contributed by atoms with Crippen molar-refractivity contribution in [1.29, 1.82) is 0 Å². The van der Waals surface area contributed by atoms with Gasteiger partial charge in [0.1, 0.15) is 0 Å². The van der Waals surface area contributed by atoms with Crippen LogP contribution in [0.4, 0.5) is 0 Å². The molecule has 1 amide bonds. The second-order valence-corrected chi connectivity index (χ2v) is 6.28. The number of rotatable bonds is 2. The van der Waals surface area contributed by atoms with Crippen molar-refractivity contribution >= 4 is 5.91 Å². The zero-order valence-electron chi connectivity index (χ0n) is 12.6. The molecule has 112 valence electrons. The molecule has 0 aromatic heterocycles. The molecule has 0 unspecified atom stereocenters. The first kappa shape index (κ1) is 14.3. The van der Waals surface area contributed by atoms with E-state index >= 15 is 0 Å². The number of aliphatic hydroxyl groups excluding tert-OH is 1. The normalized spacial score (nSPS) is 28.8. The van der Waals surface area contributed by atoms with Crippen LogP contribution in [-0.2, 0) is 11.2 Å². The first-order valence-electron chi connectivity index (χ1n) is 7.84. The van der Waals surface area contributed by atoms with Gasteiger partial charge in [-0.1, -0.05) is 36.4 Å². The van der Waals surface area contributed by atoms with Gasteiger partial charge in [-0.2, -0.15) is 0 Å². The molecule has 3 heteroatoms. The fourth-order valence-corrected chi connectivity index (χ4v) is 3.96. The van der Waals surface area contributed by atoms with Crippen molar-refractivity contribution in [2.45, 2.75) is 45.1 Å². The number of likely N-dealkylation sites (tertiary alicyclic amines) is 1. The van der Waals surface area contributed by atoms with Gasteiger partial charge >= 0.3 is 0 Å². The minimum Gasteiger partial charge on any atom is -0.392 e. The summed E-state index contributed by atoms with van der Waals surface area (Å²) in [4.78, 5) is 13.8. The molecule has 3 rings (SSSR count). The van der Waals surface area contributed by atoms with Crippen molar-refractivity contribution in [2.24, 2.45) is 5.41 Å². The fraction of sp³-hybridized carbons (Fsp3) is 0.500. The second-order valence-electron chi connectivity index (χ2n) is 6.28. The van der Waals surface area contributed by atoms with E-state index in [4.69, 9.17) is 0 Å². The van der Waals surface area contributed by atoms with Gasteiger partial charge in [0.2, 0.25) is 5.91 Å². The molecule has 2 atom stereocenters. The highest BCUT2D eigenvalue weighted by Gasteiger charge is 2.47. The Morgan fingerprint density at radius 2 is 2.14 bits per heavy atom. The van der Waals surface area contributed by atoms with Gasteiger partial charge in [-0.25, -0.2) is 0 Å². The quantitative estimate of drug-likeness (QED) is 0.907. The smallest absolute Gasteiger partial charge is 0.223 e. The summed E-state index contributed by atoms with van der Waals surface area (Å²) in [5.41, 5.74) is 2.00. The largest absolute Gasteiger partial charge is 0.392 e. The van der Waals surface area contributed by atoms with Gasteiger partial charge < -0.3 is 10.0 Å². The van der Waals surface area contributed by atoms with Crippen LogP contribution in [-0.4, -0.2) is 28.6 Å². The van der Waals surface area contributed by atoms with Gasteiger partial charge in [0.15, 0.2) is 0 Å². The number of piperidine rings is 1. The number of benzene rings is 1. The van der Waals surface area contributed by atoms with Crippen LogP contribution in [0.1, 0.15) is 38.2 Å². The predicted molar refractivity (Wildman–Crippen MR) is 82.5 cm³/mol. The number of carbonyl (C=O) groups excluding carboxylic acids is 1. The van der Waals surface area contributed by atoms with E-state index in [9.17, 15) is 9.90 Å². The molecule has 0 bridgehead atoms. The van der Waals surface area contributed by atoms with Gasteiger partial charge in [0.05, 0.1) is 6.10 Å². The Balaban J connectivity index is 1.99. The highest BCUT2D eigenvalue weighted by Crippen LogP contribution is 2.48. The predicted octanol–water partition coefficient (Wildman–Crippen LogP) is 2.90. The van der Waals surface area contributed by atoms with Crippen LogP contribution in [0.2, 0.25) is 0 Å².